The van der Waals surface area contributed by atoms with Crippen molar-refractivity contribution in [2.75, 3.05) is 7.11 Å². The number of imidazole rings is 1. The molecule has 0 aliphatic heterocycles. The van der Waals surface area contributed by atoms with Crippen molar-refractivity contribution in [1.29, 1.82) is 0 Å². The van der Waals surface area contributed by atoms with Crippen molar-refractivity contribution < 1.29 is 13.2 Å². The lowest BCUT2D eigenvalue weighted by molar-refractivity contribution is 0.184. The molecule has 0 aliphatic rings. The van der Waals surface area contributed by atoms with Gasteiger partial charge in [-0.3, -0.25) is 0 Å². The number of aryl methyl sites for hydroxylation is 1. The summed E-state index contributed by atoms with van der Waals surface area (Å²) < 4.78 is 32.1. The van der Waals surface area contributed by atoms with E-state index >= 15 is 0 Å². The molecule has 0 unspecified atom stereocenters. The van der Waals surface area contributed by atoms with Crippen molar-refractivity contribution >= 4 is 10.0 Å². The average molecular weight is 309 g/mol. The van der Waals surface area contributed by atoms with Crippen LogP contribution in [-0.4, -0.2) is 25.5 Å². The summed E-state index contributed by atoms with van der Waals surface area (Å²) in [6.07, 6.45) is 1.99. The molecule has 0 amide bonds. The highest BCUT2D eigenvalue weighted by Crippen LogP contribution is 2.12. The van der Waals surface area contributed by atoms with E-state index in [2.05, 4.69) is 14.7 Å². The lowest BCUT2D eigenvalue weighted by Gasteiger charge is -2.09. The van der Waals surface area contributed by atoms with Crippen LogP contribution in [0.15, 0.2) is 35.5 Å². The van der Waals surface area contributed by atoms with Crippen molar-refractivity contribution in [3.63, 3.8) is 0 Å². The molecule has 0 spiro atoms. The minimum atomic E-state index is -3.59. The number of rotatable bonds is 7. The molecule has 1 aromatic carbocycles. The summed E-state index contributed by atoms with van der Waals surface area (Å²) in [5.41, 5.74) is 1.85. The fourth-order valence-electron chi connectivity index (χ4n) is 1.94. The molecule has 7 heteroatoms. The Labute approximate surface area is 124 Å². The van der Waals surface area contributed by atoms with E-state index in [4.69, 9.17) is 4.74 Å². The van der Waals surface area contributed by atoms with Gasteiger partial charge in [-0.05, 0) is 11.1 Å². The molecule has 2 aromatic rings. The number of benzene rings is 1. The molecule has 1 heterocycles. The van der Waals surface area contributed by atoms with Gasteiger partial charge in [0.25, 0.3) is 10.0 Å². The second-order valence-corrected chi connectivity index (χ2v) is 6.31. The molecule has 0 saturated heterocycles. The number of aromatic amines is 1. The van der Waals surface area contributed by atoms with E-state index in [0.717, 1.165) is 11.1 Å². The number of hydrogen-bond donors (Lipinski definition) is 2. The molecule has 0 aliphatic carbocycles. The number of H-pyrrole nitrogens is 1. The van der Waals surface area contributed by atoms with Crippen molar-refractivity contribution in [2.45, 2.75) is 31.5 Å². The van der Waals surface area contributed by atoms with E-state index < -0.39 is 10.0 Å². The van der Waals surface area contributed by atoms with E-state index in [1.807, 2.05) is 31.2 Å². The summed E-state index contributed by atoms with van der Waals surface area (Å²) in [7, 11) is -1.98. The predicted octanol–water partition coefficient (Wildman–Crippen LogP) is 1.60. The molecule has 2 rings (SSSR count). The van der Waals surface area contributed by atoms with Crippen molar-refractivity contribution in [3.05, 3.63) is 47.4 Å². The highest BCUT2D eigenvalue weighted by molar-refractivity contribution is 7.89. The summed E-state index contributed by atoms with van der Waals surface area (Å²) in [5.74, 6) is 0.648. The normalized spacial score (nSPS) is 11.7. The Morgan fingerprint density at radius 1 is 1.29 bits per heavy atom. The number of methoxy groups -OCH3 is 1. The molecule has 114 valence electrons. The highest BCUT2D eigenvalue weighted by atomic mass is 32.2. The fourth-order valence-corrected chi connectivity index (χ4v) is 2.88. The predicted molar refractivity (Wildman–Crippen MR) is 79.1 cm³/mol. The highest BCUT2D eigenvalue weighted by Gasteiger charge is 2.17. The maximum atomic E-state index is 12.2. The Hall–Kier alpha value is -1.70. The van der Waals surface area contributed by atoms with Gasteiger partial charge >= 0.3 is 0 Å². The van der Waals surface area contributed by atoms with Crippen LogP contribution in [0.25, 0.3) is 0 Å². The summed E-state index contributed by atoms with van der Waals surface area (Å²) in [5, 5.41) is 0.0866. The standard InChI is InChI=1S/C14H19N3O3S/c1-3-13-15-9-14(17-13)21(18,19)16-8-11-6-4-5-7-12(11)10-20-2/h4-7,9,16H,3,8,10H2,1-2H3,(H,15,17). The number of ether oxygens (including phenoxy) is 1. The van der Waals surface area contributed by atoms with Crippen LogP contribution in [0, 0.1) is 0 Å². The third-order valence-electron chi connectivity index (χ3n) is 3.10. The Morgan fingerprint density at radius 2 is 2.00 bits per heavy atom. The first-order valence-electron chi connectivity index (χ1n) is 6.66. The third-order valence-corrected chi connectivity index (χ3v) is 4.41. The third kappa shape index (κ3) is 3.90. The Bertz CT molecular complexity index is 695. The molecule has 6 nitrogen and oxygen atoms in total. The van der Waals surface area contributed by atoms with E-state index in [1.165, 1.54) is 6.20 Å². The second-order valence-electron chi connectivity index (χ2n) is 4.57. The SMILES string of the molecule is CCc1ncc(S(=O)(=O)NCc2ccccc2COC)[nH]1. The van der Waals surface area contributed by atoms with Gasteiger partial charge in [0, 0.05) is 20.1 Å². The maximum Gasteiger partial charge on any atom is 0.257 e. The average Bonchev–Trinajstić information content (AvgIpc) is 2.96. The zero-order chi connectivity index (χ0) is 15.3. The number of nitrogens with one attached hydrogen (secondary N) is 2. The van der Waals surface area contributed by atoms with Crippen LogP contribution in [0.4, 0.5) is 0 Å². The fraction of sp³-hybridized carbons (Fsp3) is 0.357. The van der Waals surface area contributed by atoms with Gasteiger partial charge in [-0.2, -0.15) is 0 Å². The van der Waals surface area contributed by atoms with E-state index in [0.29, 0.717) is 18.9 Å². The molecular weight excluding hydrogens is 290 g/mol. The number of aromatic nitrogens is 2. The number of nitrogens with zero attached hydrogens (tertiary/aromatic N) is 1. The van der Waals surface area contributed by atoms with Gasteiger partial charge < -0.3 is 9.72 Å². The van der Waals surface area contributed by atoms with Crippen LogP contribution in [-0.2, 0) is 34.3 Å². The minimum Gasteiger partial charge on any atom is -0.380 e. The van der Waals surface area contributed by atoms with Crippen LogP contribution in [0.1, 0.15) is 23.9 Å². The Kier molecular flexibility index (Phi) is 5.11. The first-order chi connectivity index (χ1) is 10.1. The Morgan fingerprint density at radius 3 is 2.62 bits per heavy atom. The first kappa shape index (κ1) is 15.7. The van der Waals surface area contributed by atoms with Gasteiger partial charge in [0.1, 0.15) is 5.82 Å². The summed E-state index contributed by atoms with van der Waals surface area (Å²) in [6, 6.07) is 7.56. The largest absolute Gasteiger partial charge is 0.380 e. The van der Waals surface area contributed by atoms with Crippen LogP contribution in [0.5, 0.6) is 0 Å². The molecule has 0 saturated carbocycles. The topological polar surface area (TPSA) is 84.1 Å². The molecule has 0 bridgehead atoms. The minimum absolute atomic E-state index is 0.0866. The smallest absolute Gasteiger partial charge is 0.257 e. The quantitative estimate of drug-likeness (QED) is 0.813. The zero-order valence-electron chi connectivity index (χ0n) is 12.1. The number of sulfonamides is 1. The molecule has 1 aromatic heterocycles. The van der Waals surface area contributed by atoms with Crippen LogP contribution >= 0.6 is 0 Å². The number of hydrogen-bond acceptors (Lipinski definition) is 4. The van der Waals surface area contributed by atoms with Gasteiger partial charge in [-0.1, -0.05) is 31.2 Å². The van der Waals surface area contributed by atoms with Crippen molar-refractivity contribution in [2.24, 2.45) is 0 Å². The maximum absolute atomic E-state index is 12.2. The van der Waals surface area contributed by atoms with Gasteiger partial charge in [0.05, 0.1) is 12.8 Å². The van der Waals surface area contributed by atoms with E-state index in [9.17, 15) is 8.42 Å². The summed E-state index contributed by atoms with van der Waals surface area (Å²) in [4.78, 5) is 6.80. The van der Waals surface area contributed by atoms with Crippen LogP contribution in [0.2, 0.25) is 0 Å². The molecule has 0 radical (unpaired) electrons. The van der Waals surface area contributed by atoms with Gasteiger partial charge in [0.15, 0.2) is 5.03 Å². The van der Waals surface area contributed by atoms with Gasteiger partial charge in [-0.15, -0.1) is 0 Å². The van der Waals surface area contributed by atoms with E-state index in [-0.39, 0.29) is 11.6 Å². The molecule has 0 atom stereocenters. The van der Waals surface area contributed by atoms with Gasteiger partial charge in [-0.25, -0.2) is 18.1 Å². The monoisotopic (exact) mass is 309 g/mol. The van der Waals surface area contributed by atoms with Crippen LogP contribution < -0.4 is 4.72 Å². The molecule has 2 N–H and O–H groups in total. The lowest BCUT2D eigenvalue weighted by Crippen LogP contribution is -2.24. The van der Waals surface area contributed by atoms with E-state index in [1.54, 1.807) is 7.11 Å². The molecule has 21 heavy (non-hydrogen) atoms. The summed E-state index contributed by atoms with van der Waals surface area (Å²) >= 11 is 0. The molecule has 0 fully saturated rings. The second kappa shape index (κ2) is 6.84. The Balaban J connectivity index is 2.11. The lowest BCUT2D eigenvalue weighted by atomic mass is 10.1. The van der Waals surface area contributed by atoms with Crippen molar-refractivity contribution in [1.82, 2.24) is 14.7 Å². The zero-order valence-corrected chi connectivity index (χ0v) is 12.9. The van der Waals surface area contributed by atoms with Gasteiger partial charge in [0.2, 0.25) is 0 Å². The van der Waals surface area contributed by atoms with Crippen molar-refractivity contribution in [3.8, 4) is 0 Å². The first-order valence-corrected chi connectivity index (χ1v) is 8.14. The molecular formula is C14H19N3O3S. The summed E-state index contributed by atoms with van der Waals surface area (Å²) in [6.45, 7) is 2.56. The van der Waals surface area contributed by atoms with Crippen LogP contribution in [0.3, 0.4) is 0 Å².